The zero-order valence-corrected chi connectivity index (χ0v) is 9.82. The first-order valence-corrected chi connectivity index (χ1v) is 5.65. The van der Waals surface area contributed by atoms with E-state index in [1.165, 1.54) is 6.20 Å². The van der Waals surface area contributed by atoms with Gasteiger partial charge in [-0.05, 0) is 12.8 Å². The van der Waals surface area contributed by atoms with Gasteiger partial charge in [-0.1, -0.05) is 11.3 Å². The van der Waals surface area contributed by atoms with E-state index in [2.05, 4.69) is 16.9 Å². The minimum absolute atomic E-state index is 0.171. The fourth-order valence-electron chi connectivity index (χ4n) is 1.68. The molecule has 1 aromatic heterocycles. The van der Waals surface area contributed by atoms with Crippen LogP contribution in [0.25, 0.3) is 0 Å². The Labute approximate surface area is 104 Å². The Morgan fingerprint density at radius 3 is 2.89 bits per heavy atom. The van der Waals surface area contributed by atoms with Gasteiger partial charge in [-0.2, -0.15) is 0 Å². The maximum absolute atomic E-state index is 12.1. The molecule has 1 saturated carbocycles. The van der Waals surface area contributed by atoms with Gasteiger partial charge in [0, 0.05) is 12.6 Å². The number of aliphatic carboxylic acids is 1. The van der Waals surface area contributed by atoms with Gasteiger partial charge >= 0.3 is 5.97 Å². The zero-order chi connectivity index (χ0) is 13.1. The molecule has 96 valence electrons. The molecule has 18 heavy (non-hydrogen) atoms. The smallest absolute Gasteiger partial charge is 0.325 e. The molecule has 1 aliphatic carbocycles. The van der Waals surface area contributed by atoms with Gasteiger partial charge in [0.1, 0.15) is 6.54 Å². The summed E-state index contributed by atoms with van der Waals surface area (Å²) in [5, 5.41) is 15.9. The molecule has 7 heteroatoms. The van der Waals surface area contributed by atoms with E-state index in [4.69, 9.17) is 5.11 Å². The number of carbonyl (C=O) groups is 2. The normalized spacial score (nSPS) is 14.2. The molecule has 2 rings (SSSR count). The summed E-state index contributed by atoms with van der Waals surface area (Å²) in [6.07, 6.45) is 5.00. The summed E-state index contributed by atoms with van der Waals surface area (Å²) < 4.78 is 1.13. The summed E-state index contributed by atoms with van der Waals surface area (Å²) in [6.45, 7) is 3.79. The minimum atomic E-state index is -1.02. The van der Waals surface area contributed by atoms with Crippen LogP contribution in [0.15, 0.2) is 18.9 Å². The van der Waals surface area contributed by atoms with Gasteiger partial charge in [0.15, 0.2) is 5.69 Å². The summed E-state index contributed by atoms with van der Waals surface area (Å²) >= 11 is 0. The summed E-state index contributed by atoms with van der Waals surface area (Å²) in [4.78, 5) is 24.3. The Kier molecular flexibility index (Phi) is 3.40. The van der Waals surface area contributed by atoms with Gasteiger partial charge in [-0.25, -0.2) is 4.68 Å². The Balaban J connectivity index is 2.09. The lowest BCUT2D eigenvalue weighted by molar-refractivity contribution is -0.137. The fraction of sp³-hybridized carbons (Fsp3) is 0.455. The number of carboxylic acid groups (broad SMARTS) is 1. The van der Waals surface area contributed by atoms with Gasteiger partial charge in [0.05, 0.1) is 6.20 Å². The first kappa shape index (κ1) is 12.3. The van der Waals surface area contributed by atoms with Crippen LogP contribution in [0.5, 0.6) is 0 Å². The van der Waals surface area contributed by atoms with E-state index in [1.807, 2.05) is 0 Å². The third-order valence-electron chi connectivity index (χ3n) is 2.63. The highest BCUT2D eigenvalue weighted by Gasteiger charge is 2.33. The maximum Gasteiger partial charge on any atom is 0.325 e. The van der Waals surface area contributed by atoms with Crippen LogP contribution in [0.2, 0.25) is 0 Å². The molecule has 0 saturated heterocycles. The van der Waals surface area contributed by atoms with Crippen molar-refractivity contribution < 1.29 is 14.7 Å². The molecule has 0 radical (unpaired) electrons. The number of carbonyl (C=O) groups excluding carboxylic acids is 1. The molecule has 1 fully saturated rings. The number of aromatic nitrogens is 3. The van der Waals surface area contributed by atoms with Crippen LogP contribution in [-0.4, -0.2) is 49.5 Å². The number of amides is 1. The van der Waals surface area contributed by atoms with Crippen LogP contribution < -0.4 is 0 Å². The predicted octanol–water partition coefficient (Wildman–Crippen LogP) is 0.153. The van der Waals surface area contributed by atoms with Crippen LogP contribution in [0.4, 0.5) is 0 Å². The van der Waals surface area contributed by atoms with Crippen molar-refractivity contribution >= 4 is 11.9 Å². The van der Waals surface area contributed by atoms with E-state index < -0.39 is 5.97 Å². The third-order valence-corrected chi connectivity index (χ3v) is 2.63. The minimum Gasteiger partial charge on any atom is -0.480 e. The highest BCUT2D eigenvalue weighted by Crippen LogP contribution is 2.27. The van der Waals surface area contributed by atoms with Crippen molar-refractivity contribution in [3.63, 3.8) is 0 Å². The number of carboxylic acids is 1. The molecule has 1 N–H and O–H groups in total. The summed E-state index contributed by atoms with van der Waals surface area (Å²) in [7, 11) is 0. The molecular formula is C11H14N4O3. The van der Waals surface area contributed by atoms with Crippen molar-refractivity contribution in [3.8, 4) is 0 Å². The highest BCUT2D eigenvalue weighted by atomic mass is 16.4. The van der Waals surface area contributed by atoms with Crippen LogP contribution in [0, 0.1) is 0 Å². The fourth-order valence-corrected chi connectivity index (χ4v) is 1.68. The van der Waals surface area contributed by atoms with E-state index in [9.17, 15) is 9.59 Å². The first-order valence-electron chi connectivity index (χ1n) is 5.65. The number of rotatable bonds is 6. The molecule has 0 aliphatic heterocycles. The molecular weight excluding hydrogens is 236 g/mol. The zero-order valence-electron chi connectivity index (χ0n) is 9.82. The van der Waals surface area contributed by atoms with Crippen LogP contribution in [0.3, 0.4) is 0 Å². The molecule has 0 atom stereocenters. The van der Waals surface area contributed by atoms with Crippen molar-refractivity contribution in [3.05, 3.63) is 24.5 Å². The molecule has 0 unspecified atom stereocenters. The Hall–Kier alpha value is -2.18. The van der Waals surface area contributed by atoms with Gasteiger partial charge < -0.3 is 10.0 Å². The largest absolute Gasteiger partial charge is 0.480 e. The molecule has 1 aromatic rings. The van der Waals surface area contributed by atoms with E-state index >= 15 is 0 Å². The third kappa shape index (κ3) is 2.73. The first-order chi connectivity index (χ1) is 8.61. The molecule has 1 aliphatic rings. The van der Waals surface area contributed by atoms with Crippen molar-refractivity contribution in [2.45, 2.75) is 25.4 Å². The summed E-state index contributed by atoms with van der Waals surface area (Å²) in [5.74, 6) is -1.25. The second-order valence-electron chi connectivity index (χ2n) is 4.17. The number of hydrogen-bond donors (Lipinski definition) is 1. The second-order valence-corrected chi connectivity index (χ2v) is 4.17. The Morgan fingerprint density at radius 1 is 1.61 bits per heavy atom. The van der Waals surface area contributed by atoms with Gasteiger partial charge in [0.2, 0.25) is 0 Å². The lowest BCUT2D eigenvalue weighted by Gasteiger charge is -2.18. The summed E-state index contributed by atoms with van der Waals surface area (Å²) in [5.41, 5.74) is 0.171. The SMILES string of the molecule is C=CCN(C(=O)c1cn(CC(=O)O)nn1)C1CC1. The molecule has 7 nitrogen and oxygen atoms in total. The molecule has 0 aromatic carbocycles. The van der Waals surface area contributed by atoms with Crippen molar-refractivity contribution in [1.29, 1.82) is 0 Å². The average molecular weight is 250 g/mol. The molecule has 0 spiro atoms. The van der Waals surface area contributed by atoms with Gasteiger partial charge in [-0.15, -0.1) is 11.7 Å². The monoisotopic (exact) mass is 250 g/mol. The van der Waals surface area contributed by atoms with Crippen LogP contribution in [-0.2, 0) is 11.3 Å². The number of nitrogens with zero attached hydrogens (tertiary/aromatic N) is 4. The predicted molar refractivity (Wildman–Crippen MR) is 61.9 cm³/mol. The Morgan fingerprint density at radius 2 is 2.33 bits per heavy atom. The standard InChI is InChI=1S/C11H14N4O3/c1-2-5-15(8-3-4-8)11(18)9-6-14(13-12-9)7-10(16)17/h2,6,8H,1,3-5,7H2,(H,16,17). The van der Waals surface area contributed by atoms with E-state index in [1.54, 1.807) is 11.0 Å². The van der Waals surface area contributed by atoms with E-state index in [0.29, 0.717) is 6.54 Å². The summed E-state index contributed by atoms with van der Waals surface area (Å²) in [6, 6.07) is 0.250. The van der Waals surface area contributed by atoms with Crippen LogP contribution >= 0.6 is 0 Å². The molecule has 1 amide bonds. The molecule has 0 bridgehead atoms. The topological polar surface area (TPSA) is 88.3 Å². The maximum atomic E-state index is 12.1. The van der Waals surface area contributed by atoms with E-state index in [-0.39, 0.29) is 24.2 Å². The van der Waals surface area contributed by atoms with E-state index in [0.717, 1.165) is 17.5 Å². The second kappa shape index (κ2) is 4.99. The molecule has 1 heterocycles. The lowest BCUT2D eigenvalue weighted by Crippen LogP contribution is -2.33. The van der Waals surface area contributed by atoms with Crippen molar-refractivity contribution in [2.75, 3.05) is 6.54 Å². The quantitative estimate of drug-likeness (QED) is 0.726. The van der Waals surface area contributed by atoms with Gasteiger partial charge in [-0.3, -0.25) is 9.59 Å². The van der Waals surface area contributed by atoms with Crippen molar-refractivity contribution in [2.24, 2.45) is 0 Å². The van der Waals surface area contributed by atoms with Gasteiger partial charge in [0.25, 0.3) is 5.91 Å². The highest BCUT2D eigenvalue weighted by molar-refractivity contribution is 5.92. The van der Waals surface area contributed by atoms with Crippen molar-refractivity contribution in [1.82, 2.24) is 19.9 Å². The average Bonchev–Trinajstić information content (AvgIpc) is 3.05. The number of hydrogen-bond acceptors (Lipinski definition) is 4. The van der Waals surface area contributed by atoms with Crippen LogP contribution in [0.1, 0.15) is 23.3 Å². The lowest BCUT2D eigenvalue weighted by atomic mass is 10.3. The Bertz CT molecular complexity index is 478.